The van der Waals surface area contributed by atoms with Crippen LogP contribution in [0.1, 0.15) is 12.5 Å². The number of halogens is 6. The van der Waals surface area contributed by atoms with E-state index in [-0.39, 0.29) is 18.2 Å². The van der Waals surface area contributed by atoms with Crippen LogP contribution < -0.4 is 10.1 Å². The molecule has 0 radical (unpaired) electrons. The first-order valence-corrected chi connectivity index (χ1v) is 6.17. The summed E-state index contributed by atoms with van der Waals surface area (Å²) in [5, 5.41) is 2.29. The highest BCUT2D eigenvalue weighted by molar-refractivity contribution is 5.27. The smallest absolute Gasteiger partial charge is 0.406 e. The van der Waals surface area contributed by atoms with Crippen LogP contribution in [0.5, 0.6) is 5.75 Å². The van der Waals surface area contributed by atoms with E-state index < -0.39 is 19.1 Å². The van der Waals surface area contributed by atoms with Crippen molar-refractivity contribution in [3.8, 4) is 5.75 Å². The lowest BCUT2D eigenvalue weighted by Gasteiger charge is -2.14. The Morgan fingerprint density at radius 3 is 2.10 bits per heavy atom. The first-order valence-electron chi connectivity index (χ1n) is 6.17. The Hall–Kier alpha value is -1.44. The molecule has 0 heterocycles. The van der Waals surface area contributed by atoms with Crippen molar-refractivity contribution >= 4 is 0 Å². The van der Waals surface area contributed by atoms with E-state index >= 15 is 0 Å². The second-order valence-electron chi connectivity index (χ2n) is 4.75. The average Bonchev–Trinajstić information content (AvgIpc) is 2.28. The summed E-state index contributed by atoms with van der Waals surface area (Å²) in [6, 6.07) is 5.28. The molecule has 0 spiro atoms. The van der Waals surface area contributed by atoms with Crippen molar-refractivity contribution in [2.45, 2.75) is 25.9 Å². The molecule has 0 aliphatic carbocycles. The van der Waals surface area contributed by atoms with Gasteiger partial charge in [0, 0.05) is 0 Å². The zero-order chi connectivity index (χ0) is 16.1. The van der Waals surface area contributed by atoms with Crippen LogP contribution in [0.4, 0.5) is 26.3 Å². The summed E-state index contributed by atoms with van der Waals surface area (Å²) in [7, 11) is 0. The van der Waals surface area contributed by atoms with Crippen molar-refractivity contribution in [1.29, 1.82) is 0 Å². The molecule has 0 aliphatic heterocycles. The van der Waals surface area contributed by atoms with E-state index in [1.165, 1.54) is 24.3 Å². The molecule has 0 amide bonds. The maximum absolute atomic E-state index is 12.0. The molecule has 1 aromatic rings. The molecule has 1 rings (SSSR count). The van der Waals surface area contributed by atoms with E-state index in [1.54, 1.807) is 6.92 Å². The number of benzene rings is 1. The Labute approximate surface area is 118 Å². The summed E-state index contributed by atoms with van der Waals surface area (Å²) in [5.41, 5.74) is 0.728. The standard InChI is InChI=1S/C13H15F6NO/c1-9(7-20-8-12(14,15)16)6-10-2-4-11(5-3-10)21-13(17,18)19/h2-5,9,20H,6-8H2,1H3. The minimum absolute atomic E-state index is 0.0817. The average molecular weight is 315 g/mol. The molecular formula is C13H15F6NO. The van der Waals surface area contributed by atoms with Gasteiger partial charge in [-0.15, -0.1) is 13.2 Å². The van der Waals surface area contributed by atoms with Gasteiger partial charge in [-0.1, -0.05) is 19.1 Å². The molecule has 1 unspecified atom stereocenters. The fraction of sp³-hybridized carbons (Fsp3) is 0.538. The second-order valence-corrected chi connectivity index (χ2v) is 4.75. The quantitative estimate of drug-likeness (QED) is 0.804. The summed E-state index contributed by atoms with van der Waals surface area (Å²) < 4.78 is 75.5. The summed E-state index contributed by atoms with van der Waals surface area (Å²) in [6.07, 6.45) is -8.54. The van der Waals surface area contributed by atoms with E-state index in [2.05, 4.69) is 10.1 Å². The molecule has 0 saturated carbocycles. The molecular weight excluding hydrogens is 300 g/mol. The van der Waals surface area contributed by atoms with Crippen LogP contribution >= 0.6 is 0 Å². The Kier molecular flexibility index (Phi) is 5.88. The Morgan fingerprint density at radius 2 is 1.62 bits per heavy atom. The highest BCUT2D eigenvalue weighted by atomic mass is 19.4. The zero-order valence-electron chi connectivity index (χ0n) is 11.2. The summed E-state index contributed by atoms with van der Waals surface area (Å²) in [6.45, 7) is 0.861. The van der Waals surface area contributed by atoms with Gasteiger partial charge < -0.3 is 10.1 Å². The summed E-state index contributed by atoms with van der Waals surface area (Å²) >= 11 is 0. The van der Waals surface area contributed by atoms with Crippen molar-refractivity contribution < 1.29 is 31.1 Å². The number of alkyl halides is 6. The van der Waals surface area contributed by atoms with Gasteiger partial charge >= 0.3 is 12.5 Å². The minimum atomic E-state index is -4.74. The van der Waals surface area contributed by atoms with Gasteiger partial charge in [-0.05, 0) is 36.6 Å². The third kappa shape index (κ3) is 8.44. The second kappa shape index (κ2) is 7.02. The SMILES string of the molecule is CC(CNCC(F)(F)F)Cc1ccc(OC(F)(F)F)cc1. The summed E-state index contributed by atoms with van der Waals surface area (Å²) in [4.78, 5) is 0. The molecule has 120 valence electrons. The maximum atomic E-state index is 12.0. The Bertz CT molecular complexity index is 426. The summed E-state index contributed by atoms with van der Waals surface area (Å²) in [5.74, 6) is -0.407. The van der Waals surface area contributed by atoms with Crippen molar-refractivity contribution in [3.05, 3.63) is 29.8 Å². The first-order chi connectivity index (χ1) is 9.55. The van der Waals surface area contributed by atoms with Gasteiger partial charge in [-0.2, -0.15) is 13.2 Å². The number of hydrogen-bond acceptors (Lipinski definition) is 2. The van der Waals surface area contributed by atoms with E-state index in [0.29, 0.717) is 6.42 Å². The number of ether oxygens (including phenoxy) is 1. The van der Waals surface area contributed by atoms with Crippen LogP contribution in [0.15, 0.2) is 24.3 Å². The number of nitrogens with one attached hydrogen (secondary N) is 1. The van der Waals surface area contributed by atoms with E-state index in [1.807, 2.05) is 0 Å². The molecule has 0 saturated heterocycles. The lowest BCUT2D eigenvalue weighted by atomic mass is 10.0. The first kappa shape index (κ1) is 17.6. The van der Waals surface area contributed by atoms with Crippen LogP contribution in [-0.4, -0.2) is 25.6 Å². The predicted octanol–water partition coefficient (Wildman–Crippen LogP) is 3.92. The van der Waals surface area contributed by atoms with Crippen LogP contribution in [0.25, 0.3) is 0 Å². The normalized spacial score (nSPS) is 14.0. The topological polar surface area (TPSA) is 21.3 Å². The van der Waals surface area contributed by atoms with Gasteiger partial charge in [-0.3, -0.25) is 0 Å². The third-order valence-electron chi connectivity index (χ3n) is 2.56. The lowest BCUT2D eigenvalue weighted by molar-refractivity contribution is -0.274. The monoisotopic (exact) mass is 315 g/mol. The molecule has 8 heteroatoms. The molecule has 2 nitrogen and oxygen atoms in total. The van der Waals surface area contributed by atoms with Crippen molar-refractivity contribution in [2.75, 3.05) is 13.1 Å². The Morgan fingerprint density at radius 1 is 1.05 bits per heavy atom. The van der Waals surface area contributed by atoms with E-state index in [4.69, 9.17) is 0 Å². The van der Waals surface area contributed by atoms with E-state index in [9.17, 15) is 26.3 Å². The van der Waals surface area contributed by atoms with Crippen molar-refractivity contribution in [2.24, 2.45) is 5.92 Å². The maximum Gasteiger partial charge on any atom is 0.573 e. The minimum Gasteiger partial charge on any atom is -0.406 e. The Balaban J connectivity index is 2.41. The molecule has 0 aliphatic rings. The molecule has 1 aromatic carbocycles. The molecule has 1 atom stereocenters. The highest BCUT2D eigenvalue weighted by Crippen LogP contribution is 2.23. The molecule has 1 N–H and O–H groups in total. The zero-order valence-corrected chi connectivity index (χ0v) is 11.2. The highest BCUT2D eigenvalue weighted by Gasteiger charge is 2.31. The van der Waals surface area contributed by atoms with Crippen molar-refractivity contribution in [1.82, 2.24) is 5.32 Å². The fourth-order valence-corrected chi connectivity index (χ4v) is 1.76. The number of rotatable bonds is 6. The number of hydrogen-bond donors (Lipinski definition) is 1. The van der Waals surface area contributed by atoms with Gasteiger partial charge in [0.25, 0.3) is 0 Å². The van der Waals surface area contributed by atoms with Gasteiger partial charge in [0.1, 0.15) is 5.75 Å². The molecule has 0 fully saturated rings. The molecule has 0 bridgehead atoms. The molecule has 21 heavy (non-hydrogen) atoms. The van der Waals surface area contributed by atoms with Gasteiger partial charge in [0.15, 0.2) is 0 Å². The largest absolute Gasteiger partial charge is 0.573 e. The van der Waals surface area contributed by atoms with Crippen LogP contribution in [-0.2, 0) is 6.42 Å². The van der Waals surface area contributed by atoms with Gasteiger partial charge in [0.05, 0.1) is 6.54 Å². The van der Waals surface area contributed by atoms with Gasteiger partial charge in [-0.25, -0.2) is 0 Å². The third-order valence-corrected chi connectivity index (χ3v) is 2.56. The van der Waals surface area contributed by atoms with Gasteiger partial charge in [0.2, 0.25) is 0 Å². The van der Waals surface area contributed by atoms with Crippen LogP contribution in [0.2, 0.25) is 0 Å². The van der Waals surface area contributed by atoms with Crippen LogP contribution in [0.3, 0.4) is 0 Å². The fourth-order valence-electron chi connectivity index (χ4n) is 1.76. The molecule has 0 aromatic heterocycles. The van der Waals surface area contributed by atoms with Crippen molar-refractivity contribution in [3.63, 3.8) is 0 Å². The van der Waals surface area contributed by atoms with E-state index in [0.717, 1.165) is 5.56 Å². The van der Waals surface area contributed by atoms with Crippen LogP contribution in [0, 0.1) is 5.92 Å². The lowest BCUT2D eigenvalue weighted by Crippen LogP contribution is -2.32. The predicted molar refractivity (Wildman–Crippen MR) is 64.9 cm³/mol.